The van der Waals surface area contributed by atoms with Crippen LogP contribution in [0.2, 0.25) is 0 Å². The van der Waals surface area contributed by atoms with Crippen molar-refractivity contribution in [1.29, 1.82) is 0 Å². The van der Waals surface area contributed by atoms with Crippen LogP contribution in [0, 0.1) is 5.92 Å². The quantitative estimate of drug-likeness (QED) is 0.653. The van der Waals surface area contributed by atoms with Crippen LogP contribution in [-0.2, 0) is 19.0 Å². The van der Waals surface area contributed by atoms with E-state index in [0.29, 0.717) is 13.0 Å². The smallest absolute Gasteiger partial charge is 0.309 e. The standard InChI is InChI=1S/C11H18O4/c1-2-13-10(12)9-4-5-11(8-9)14-6-3-7-15-11/h9H,2-8H2,1H3. The molecule has 2 fully saturated rings. The maximum atomic E-state index is 11.5. The molecule has 1 heterocycles. The topological polar surface area (TPSA) is 44.8 Å². The molecule has 4 nitrogen and oxygen atoms in total. The zero-order valence-corrected chi connectivity index (χ0v) is 9.16. The van der Waals surface area contributed by atoms with Crippen LogP contribution in [-0.4, -0.2) is 31.6 Å². The van der Waals surface area contributed by atoms with E-state index < -0.39 is 5.79 Å². The van der Waals surface area contributed by atoms with Crippen LogP contribution >= 0.6 is 0 Å². The predicted octanol–water partition coefficient (Wildman–Crippen LogP) is 1.48. The Balaban J connectivity index is 1.90. The first-order chi connectivity index (χ1) is 7.26. The SMILES string of the molecule is CCOC(=O)C1CCC2(C1)OCCCO2. The van der Waals surface area contributed by atoms with E-state index in [1.807, 2.05) is 6.92 Å². The zero-order valence-electron chi connectivity index (χ0n) is 9.16. The summed E-state index contributed by atoms with van der Waals surface area (Å²) in [4.78, 5) is 11.5. The van der Waals surface area contributed by atoms with Crippen molar-refractivity contribution in [3.05, 3.63) is 0 Å². The Morgan fingerprint density at radius 2 is 2.20 bits per heavy atom. The molecule has 2 aliphatic rings. The first-order valence-corrected chi connectivity index (χ1v) is 5.70. The summed E-state index contributed by atoms with van der Waals surface area (Å²) >= 11 is 0. The summed E-state index contributed by atoms with van der Waals surface area (Å²) in [5, 5.41) is 0. The minimum atomic E-state index is -0.477. The Bertz CT molecular complexity index is 233. The van der Waals surface area contributed by atoms with E-state index in [-0.39, 0.29) is 11.9 Å². The van der Waals surface area contributed by atoms with Gasteiger partial charge < -0.3 is 14.2 Å². The van der Waals surface area contributed by atoms with Gasteiger partial charge in [-0.1, -0.05) is 0 Å². The summed E-state index contributed by atoms with van der Waals surface area (Å²) in [6, 6.07) is 0. The van der Waals surface area contributed by atoms with Crippen molar-refractivity contribution in [2.45, 2.75) is 38.4 Å². The number of hydrogen-bond donors (Lipinski definition) is 0. The van der Waals surface area contributed by atoms with Crippen LogP contribution in [0.4, 0.5) is 0 Å². The van der Waals surface area contributed by atoms with Gasteiger partial charge in [0.1, 0.15) is 0 Å². The second-order valence-electron chi connectivity index (χ2n) is 4.15. The van der Waals surface area contributed by atoms with Crippen molar-refractivity contribution in [2.24, 2.45) is 5.92 Å². The van der Waals surface area contributed by atoms with E-state index >= 15 is 0 Å². The average Bonchev–Trinajstić information content (AvgIpc) is 2.64. The molecule has 86 valence electrons. The minimum absolute atomic E-state index is 0.0388. The van der Waals surface area contributed by atoms with Gasteiger partial charge in [0.25, 0.3) is 0 Å². The van der Waals surface area contributed by atoms with Crippen LogP contribution in [0.25, 0.3) is 0 Å². The molecule has 0 aromatic heterocycles. The monoisotopic (exact) mass is 214 g/mol. The van der Waals surface area contributed by atoms with Gasteiger partial charge in [0, 0.05) is 12.8 Å². The molecule has 0 N–H and O–H groups in total. The molecule has 0 aromatic rings. The van der Waals surface area contributed by atoms with Gasteiger partial charge in [0.05, 0.1) is 25.7 Å². The minimum Gasteiger partial charge on any atom is -0.466 e. The molecule has 1 aliphatic heterocycles. The van der Waals surface area contributed by atoms with E-state index in [9.17, 15) is 4.79 Å². The Morgan fingerprint density at radius 1 is 1.47 bits per heavy atom. The number of carbonyl (C=O) groups excluding carboxylic acids is 1. The van der Waals surface area contributed by atoms with Crippen molar-refractivity contribution in [3.8, 4) is 0 Å². The summed E-state index contributed by atoms with van der Waals surface area (Å²) in [5.41, 5.74) is 0. The predicted molar refractivity (Wildman–Crippen MR) is 53.2 cm³/mol. The second kappa shape index (κ2) is 4.49. The maximum Gasteiger partial charge on any atom is 0.309 e. The van der Waals surface area contributed by atoms with Gasteiger partial charge in [-0.2, -0.15) is 0 Å². The van der Waals surface area contributed by atoms with Gasteiger partial charge in [-0.05, 0) is 19.8 Å². The van der Waals surface area contributed by atoms with Gasteiger partial charge >= 0.3 is 5.97 Å². The summed E-state index contributed by atoms with van der Waals surface area (Å²) < 4.78 is 16.3. The Labute approximate surface area is 89.9 Å². The highest BCUT2D eigenvalue weighted by Gasteiger charge is 2.45. The van der Waals surface area contributed by atoms with Gasteiger partial charge in [-0.3, -0.25) is 4.79 Å². The average molecular weight is 214 g/mol. The van der Waals surface area contributed by atoms with Crippen molar-refractivity contribution >= 4 is 5.97 Å². The van der Waals surface area contributed by atoms with Crippen LogP contribution in [0.1, 0.15) is 32.6 Å². The third-order valence-electron chi connectivity index (χ3n) is 3.07. The molecule has 0 radical (unpaired) electrons. The number of rotatable bonds is 2. The number of hydrogen-bond acceptors (Lipinski definition) is 4. The molecule has 15 heavy (non-hydrogen) atoms. The summed E-state index contributed by atoms with van der Waals surface area (Å²) in [7, 11) is 0. The molecule has 4 heteroatoms. The lowest BCUT2D eigenvalue weighted by atomic mass is 10.1. The zero-order chi connectivity index (χ0) is 10.7. The molecule has 1 unspecified atom stereocenters. The second-order valence-corrected chi connectivity index (χ2v) is 4.15. The summed E-state index contributed by atoms with van der Waals surface area (Å²) in [6.45, 7) is 3.77. The summed E-state index contributed by atoms with van der Waals surface area (Å²) in [5.74, 6) is -0.620. The lowest BCUT2D eigenvalue weighted by Gasteiger charge is -2.33. The van der Waals surface area contributed by atoms with E-state index in [4.69, 9.17) is 14.2 Å². The van der Waals surface area contributed by atoms with E-state index in [1.54, 1.807) is 0 Å². The van der Waals surface area contributed by atoms with Gasteiger partial charge in [-0.15, -0.1) is 0 Å². The molecule has 1 aliphatic carbocycles. The van der Waals surface area contributed by atoms with Crippen molar-refractivity contribution in [3.63, 3.8) is 0 Å². The lowest BCUT2D eigenvalue weighted by molar-refractivity contribution is -0.263. The van der Waals surface area contributed by atoms with Crippen molar-refractivity contribution in [2.75, 3.05) is 19.8 Å². The van der Waals surface area contributed by atoms with Gasteiger partial charge in [0.2, 0.25) is 0 Å². The maximum absolute atomic E-state index is 11.5. The van der Waals surface area contributed by atoms with Gasteiger partial charge in [-0.25, -0.2) is 0 Å². The molecular formula is C11H18O4. The molecule has 2 rings (SSSR count). The largest absolute Gasteiger partial charge is 0.466 e. The molecule has 0 bridgehead atoms. The third kappa shape index (κ3) is 2.32. The highest BCUT2D eigenvalue weighted by atomic mass is 16.7. The first-order valence-electron chi connectivity index (χ1n) is 5.70. The van der Waals surface area contributed by atoms with Crippen LogP contribution < -0.4 is 0 Å². The number of carbonyl (C=O) groups is 1. The molecule has 1 atom stereocenters. The fourth-order valence-corrected chi connectivity index (χ4v) is 2.31. The van der Waals surface area contributed by atoms with Crippen molar-refractivity contribution < 1.29 is 19.0 Å². The molecule has 1 spiro atoms. The fourth-order valence-electron chi connectivity index (χ4n) is 2.31. The third-order valence-corrected chi connectivity index (χ3v) is 3.07. The lowest BCUT2D eigenvalue weighted by Crippen LogP contribution is -2.38. The highest BCUT2D eigenvalue weighted by molar-refractivity contribution is 5.72. The van der Waals surface area contributed by atoms with Crippen molar-refractivity contribution in [1.82, 2.24) is 0 Å². The molecule has 0 amide bonds. The van der Waals surface area contributed by atoms with Gasteiger partial charge in [0.15, 0.2) is 5.79 Å². The Hall–Kier alpha value is -0.610. The van der Waals surface area contributed by atoms with Crippen LogP contribution in [0.3, 0.4) is 0 Å². The fraction of sp³-hybridized carbons (Fsp3) is 0.909. The van der Waals surface area contributed by atoms with E-state index in [0.717, 1.165) is 32.5 Å². The Kier molecular flexibility index (Phi) is 3.26. The molecule has 1 saturated carbocycles. The number of esters is 1. The normalized spacial score (nSPS) is 29.3. The molecular weight excluding hydrogens is 196 g/mol. The van der Waals surface area contributed by atoms with E-state index in [2.05, 4.69) is 0 Å². The number of ether oxygens (including phenoxy) is 3. The Morgan fingerprint density at radius 3 is 2.87 bits per heavy atom. The highest BCUT2D eigenvalue weighted by Crippen LogP contribution is 2.40. The van der Waals surface area contributed by atoms with E-state index in [1.165, 1.54) is 0 Å². The molecule has 0 aromatic carbocycles. The van der Waals surface area contributed by atoms with Crippen LogP contribution in [0.5, 0.6) is 0 Å². The van der Waals surface area contributed by atoms with Crippen LogP contribution in [0.15, 0.2) is 0 Å². The summed E-state index contributed by atoms with van der Waals surface area (Å²) in [6.07, 6.45) is 3.24. The first kappa shape index (κ1) is 10.9. The molecule has 1 saturated heterocycles.